The van der Waals surface area contributed by atoms with Gasteiger partial charge in [0.2, 0.25) is 0 Å². The minimum absolute atomic E-state index is 0.491. The van der Waals surface area contributed by atoms with Gasteiger partial charge in [-0.3, -0.25) is 0 Å². The van der Waals surface area contributed by atoms with Gasteiger partial charge in [-0.05, 0) is 40.9 Å². The minimum Gasteiger partial charge on any atom is -0.372 e. The molecule has 3 nitrogen and oxygen atoms in total. The van der Waals surface area contributed by atoms with E-state index in [0.29, 0.717) is 5.25 Å². The lowest BCUT2D eigenvalue weighted by atomic mass is 10.2. The highest BCUT2D eigenvalue weighted by atomic mass is 79.9. The molecular formula is C11H16BrN3S. The Balaban J connectivity index is 2.37. The lowest BCUT2D eigenvalue weighted by Crippen LogP contribution is -2.06. The van der Waals surface area contributed by atoms with Crippen molar-refractivity contribution in [2.45, 2.75) is 31.4 Å². The standard InChI is InChI=1S/C11H16BrN3S/c1-3-7-9(12)11(13-2)15-10(14-7)8-5-4-6-16-8/h8H,3-6H2,1-2H3,(H,13,14,15). The first-order chi connectivity index (χ1) is 7.76. The quantitative estimate of drug-likeness (QED) is 0.928. The van der Waals surface area contributed by atoms with E-state index in [4.69, 9.17) is 0 Å². The van der Waals surface area contributed by atoms with Crippen LogP contribution in [0.2, 0.25) is 0 Å². The normalized spacial score (nSPS) is 20.1. The van der Waals surface area contributed by atoms with E-state index < -0.39 is 0 Å². The fourth-order valence-corrected chi connectivity index (χ4v) is 3.70. The number of anilines is 1. The summed E-state index contributed by atoms with van der Waals surface area (Å²) in [5.41, 5.74) is 1.10. The number of thioether (sulfide) groups is 1. The zero-order valence-corrected chi connectivity index (χ0v) is 12.0. The smallest absolute Gasteiger partial charge is 0.144 e. The van der Waals surface area contributed by atoms with E-state index in [9.17, 15) is 0 Å². The van der Waals surface area contributed by atoms with Crippen LogP contribution in [0, 0.1) is 0 Å². The molecule has 1 aromatic heterocycles. The van der Waals surface area contributed by atoms with Crippen molar-refractivity contribution in [2.75, 3.05) is 18.1 Å². The summed E-state index contributed by atoms with van der Waals surface area (Å²) in [7, 11) is 1.90. The Bertz CT molecular complexity index is 352. The van der Waals surface area contributed by atoms with Crippen LogP contribution in [0.25, 0.3) is 0 Å². The highest BCUT2D eigenvalue weighted by Crippen LogP contribution is 2.39. The Morgan fingerprint density at radius 2 is 2.31 bits per heavy atom. The maximum Gasteiger partial charge on any atom is 0.144 e. The molecule has 88 valence electrons. The molecule has 2 rings (SSSR count). The van der Waals surface area contributed by atoms with Gasteiger partial charge < -0.3 is 5.32 Å². The minimum atomic E-state index is 0.491. The van der Waals surface area contributed by atoms with Crippen molar-refractivity contribution in [3.8, 4) is 0 Å². The van der Waals surface area contributed by atoms with E-state index in [0.717, 1.165) is 28.2 Å². The number of hydrogen-bond acceptors (Lipinski definition) is 4. The molecule has 1 atom stereocenters. The van der Waals surface area contributed by atoms with E-state index in [1.807, 2.05) is 18.8 Å². The average Bonchev–Trinajstić information content (AvgIpc) is 2.83. The predicted molar refractivity (Wildman–Crippen MR) is 73.1 cm³/mol. The number of nitrogens with zero attached hydrogens (tertiary/aromatic N) is 2. The monoisotopic (exact) mass is 301 g/mol. The molecule has 0 aromatic carbocycles. The Hall–Kier alpha value is -0.290. The van der Waals surface area contributed by atoms with Gasteiger partial charge in [0, 0.05) is 7.05 Å². The second kappa shape index (κ2) is 5.36. The SMILES string of the molecule is CCc1nc(C2CCCS2)nc(NC)c1Br. The molecule has 0 amide bonds. The molecule has 1 saturated heterocycles. The van der Waals surface area contributed by atoms with Gasteiger partial charge in [-0.15, -0.1) is 0 Å². The van der Waals surface area contributed by atoms with Crippen LogP contribution in [-0.2, 0) is 6.42 Å². The van der Waals surface area contributed by atoms with E-state index in [-0.39, 0.29) is 0 Å². The molecule has 0 saturated carbocycles. The van der Waals surface area contributed by atoms with Crippen molar-refractivity contribution >= 4 is 33.5 Å². The van der Waals surface area contributed by atoms with Gasteiger partial charge in [0.05, 0.1) is 15.4 Å². The first-order valence-electron chi connectivity index (χ1n) is 5.62. The van der Waals surface area contributed by atoms with Crippen LogP contribution in [0.4, 0.5) is 5.82 Å². The van der Waals surface area contributed by atoms with Gasteiger partial charge >= 0.3 is 0 Å². The lowest BCUT2D eigenvalue weighted by Gasteiger charge is -2.13. The van der Waals surface area contributed by atoms with Crippen LogP contribution >= 0.6 is 27.7 Å². The molecule has 0 bridgehead atoms. The molecule has 1 aliphatic heterocycles. The Labute approximate surface area is 109 Å². The number of rotatable bonds is 3. The number of aromatic nitrogens is 2. The average molecular weight is 302 g/mol. The van der Waals surface area contributed by atoms with Gasteiger partial charge in [0.1, 0.15) is 11.6 Å². The Morgan fingerprint density at radius 3 is 2.88 bits per heavy atom. The topological polar surface area (TPSA) is 37.8 Å². The van der Waals surface area contributed by atoms with Gasteiger partial charge in [0.25, 0.3) is 0 Å². The lowest BCUT2D eigenvalue weighted by molar-refractivity contribution is 0.765. The third kappa shape index (κ3) is 2.35. The molecular weight excluding hydrogens is 286 g/mol. The van der Waals surface area contributed by atoms with E-state index in [1.54, 1.807) is 0 Å². The summed E-state index contributed by atoms with van der Waals surface area (Å²) < 4.78 is 1.00. The van der Waals surface area contributed by atoms with Gasteiger partial charge in [-0.1, -0.05) is 6.92 Å². The molecule has 0 spiro atoms. The van der Waals surface area contributed by atoms with Crippen LogP contribution in [-0.4, -0.2) is 22.8 Å². The Kier molecular flexibility index (Phi) is 4.08. The summed E-state index contributed by atoms with van der Waals surface area (Å²) in [4.78, 5) is 9.25. The fraction of sp³-hybridized carbons (Fsp3) is 0.636. The first-order valence-corrected chi connectivity index (χ1v) is 7.46. The van der Waals surface area contributed by atoms with Crippen LogP contribution in [0.1, 0.15) is 36.5 Å². The second-order valence-corrected chi connectivity index (χ2v) is 5.90. The van der Waals surface area contributed by atoms with Crippen LogP contribution in [0.5, 0.6) is 0 Å². The maximum atomic E-state index is 4.66. The molecule has 16 heavy (non-hydrogen) atoms. The van der Waals surface area contributed by atoms with E-state index >= 15 is 0 Å². The van der Waals surface area contributed by atoms with E-state index in [2.05, 4.69) is 38.1 Å². The molecule has 2 heterocycles. The third-order valence-electron chi connectivity index (χ3n) is 2.73. The van der Waals surface area contributed by atoms with Crippen molar-refractivity contribution in [1.29, 1.82) is 0 Å². The Morgan fingerprint density at radius 1 is 1.50 bits per heavy atom. The molecule has 1 aromatic rings. The zero-order chi connectivity index (χ0) is 11.5. The summed E-state index contributed by atoms with van der Waals surface area (Å²) in [6.07, 6.45) is 3.42. The third-order valence-corrected chi connectivity index (χ3v) is 4.93. The maximum absolute atomic E-state index is 4.66. The summed E-state index contributed by atoms with van der Waals surface area (Å²) in [6.45, 7) is 2.12. The highest BCUT2D eigenvalue weighted by Gasteiger charge is 2.22. The summed E-state index contributed by atoms with van der Waals surface area (Å²) >= 11 is 5.52. The first kappa shape index (κ1) is 12.2. The predicted octanol–water partition coefficient (Wildman–Crippen LogP) is 3.41. The van der Waals surface area contributed by atoms with Gasteiger partial charge in [-0.25, -0.2) is 9.97 Å². The van der Waals surface area contributed by atoms with Crippen molar-refractivity contribution in [3.05, 3.63) is 16.0 Å². The summed E-state index contributed by atoms with van der Waals surface area (Å²) in [5.74, 6) is 3.14. The fourth-order valence-electron chi connectivity index (χ4n) is 1.84. The molecule has 5 heteroatoms. The van der Waals surface area contributed by atoms with Crippen LogP contribution in [0.3, 0.4) is 0 Å². The molecule has 0 radical (unpaired) electrons. The number of aryl methyl sites for hydroxylation is 1. The number of hydrogen-bond donors (Lipinski definition) is 1. The van der Waals surface area contributed by atoms with Crippen molar-refractivity contribution in [2.24, 2.45) is 0 Å². The van der Waals surface area contributed by atoms with Crippen LogP contribution in [0.15, 0.2) is 4.47 Å². The molecule has 1 N–H and O–H groups in total. The van der Waals surface area contributed by atoms with Crippen molar-refractivity contribution < 1.29 is 0 Å². The molecule has 1 aliphatic rings. The molecule has 1 unspecified atom stereocenters. The van der Waals surface area contributed by atoms with Crippen LogP contribution < -0.4 is 5.32 Å². The van der Waals surface area contributed by atoms with Gasteiger partial charge in [0.15, 0.2) is 0 Å². The van der Waals surface area contributed by atoms with Crippen molar-refractivity contribution in [1.82, 2.24) is 9.97 Å². The summed E-state index contributed by atoms with van der Waals surface area (Å²) in [5, 5.41) is 3.62. The molecule has 1 fully saturated rings. The summed E-state index contributed by atoms with van der Waals surface area (Å²) in [6, 6.07) is 0. The highest BCUT2D eigenvalue weighted by molar-refractivity contribution is 9.10. The second-order valence-electron chi connectivity index (χ2n) is 3.80. The van der Waals surface area contributed by atoms with E-state index in [1.165, 1.54) is 18.6 Å². The number of halogens is 1. The molecule has 0 aliphatic carbocycles. The zero-order valence-electron chi connectivity index (χ0n) is 9.59. The van der Waals surface area contributed by atoms with Gasteiger partial charge in [-0.2, -0.15) is 11.8 Å². The van der Waals surface area contributed by atoms with Crippen molar-refractivity contribution in [3.63, 3.8) is 0 Å². The number of nitrogens with one attached hydrogen (secondary N) is 1. The largest absolute Gasteiger partial charge is 0.372 e.